The van der Waals surface area contributed by atoms with Crippen molar-refractivity contribution in [3.63, 3.8) is 0 Å². The standard InChI is InChI=1S/C25H22F3N7O2.C4H9N/c26-25(27,28)18-7-8-30-19(12-18)32-23(37)17-5-3-16(4-6-17)20-21-22(29)31-9-11-35(21)24(33-20)34-10-1-2-15(13-34)14-36;5-3-4-1-2-4/h3-9,11-12,14-15H,1-2,10,13H2,(H2,29,31)(H,30,32,37);4H,1-3,5H2. The van der Waals surface area contributed by atoms with E-state index in [0.717, 1.165) is 56.5 Å². The van der Waals surface area contributed by atoms with E-state index in [2.05, 4.69) is 15.3 Å². The quantitative estimate of drug-likeness (QED) is 0.285. The molecule has 220 valence electrons. The van der Waals surface area contributed by atoms with Crippen molar-refractivity contribution in [3.05, 3.63) is 66.1 Å². The summed E-state index contributed by atoms with van der Waals surface area (Å²) < 4.78 is 40.7. The van der Waals surface area contributed by atoms with Crippen LogP contribution in [-0.4, -0.2) is 51.2 Å². The van der Waals surface area contributed by atoms with Crippen molar-refractivity contribution >= 4 is 35.3 Å². The van der Waals surface area contributed by atoms with Gasteiger partial charge in [0.05, 0.1) is 5.56 Å². The Morgan fingerprint density at radius 1 is 1.10 bits per heavy atom. The van der Waals surface area contributed by atoms with Crippen molar-refractivity contribution in [2.75, 3.05) is 35.6 Å². The molecule has 1 amide bonds. The van der Waals surface area contributed by atoms with Gasteiger partial charge in [0.1, 0.15) is 29.1 Å². The highest BCUT2D eigenvalue weighted by Gasteiger charge is 2.31. The van der Waals surface area contributed by atoms with Crippen LogP contribution in [0.3, 0.4) is 0 Å². The van der Waals surface area contributed by atoms with E-state index in [1.54, 1.807) is 36.7 Å². The van der Waals surface area contributed by atoms with Crippen molar-refractivity contribution in [2.24, 2.45) is 17.6 Å². The van der Waals surface area contributed by atoms with Crippen LogP contribution >= 0.6 is 0 Å². The summed E-state index contributed by atoms with van der Waals surface area (Å²) in [5.74, 6) is 0.939. The molecule has 1 saturated carbocycles. The third-order valence-corrected chi connectivity index (χ3v) is 7.28. The van der Waals surface area contributed by atoms with Crippen LogP contribution < -0.4 is 21.7 Å². The van der Waals surface area contributed by atoms with Gasteiger partial charge in [0.15, 0.2) is 0 Å². The zero-order valence-corrected chi connectivity index (χ0v) is 22.7. The third-order valence-electron chi connectivity index (χ3n) is 7.28. The molecule has 2 fully saturated rings. The molecular formula is C29H31F3N8O2. The van der Waals surface area contributed by atoms with E-state index >= 15 is 0 Å². The molecule has 42 heavy (non-hydrogen) atoms. The zero-order valence-electron chi connectivity index (χ0n) is 22.7. The highest BCUT2D eigenvalue weighted by molar-refractivity contribution is 6.04. The number of halogens is 3. The largest absolute Gasteiger partial charge is 0.416 e. The molecule has 0 radical (unpaired) electrons. The first-order chi connectivity index (χ1) is 20.2. The number of benzene rings is 1. The highest BCUT2D eigenvalue weighted by atomic mass is 19.4. The van der Waals surface area contributed by atoms with E-state index in [1.165, 1.54) is 12.8 Å². The molecule has 5 N–H and O–H groups in total. The van der Waals surface area contributed by atoms with Gasteiger partial charge in [-0.25, -0.2) is 15.0 Å². The first-order valence-corrected chi connectivity index (χ1v) is 13.7. The number of carbonyl (C=O) groups excluding carboxylic acids is 2. The highest BCUT2D eigenvalue weighted by Crippen LogP contribution is 2.33. The zero-order chi connectivity index (χ0) is 29.9. The van der Waals surface area contributed by atoms with Gasteiger partial charge in [-0.3, -0.25) is 9.20 Å². The Balaban J connectivity index is 0.000000639. The van der Waals surface area contributed by atoms with Crippen LogP contribution in [0, 0.1) is 11.8 Å². The number of hydrogen-bond acceptors (Lipinski definition) is 8. The summed E-state index contributed by atoms with van der Waals surface area (Å²) >= 11 is 0. The number of piperidine rings is 1. The molecule has 1 aromatic carbocycles. The number of carbonyl (C=O) groups is 2. The summed E-state index contributed by atoms with van der Waals surface area (Å²) in [6.07, 6.45) is 5.21. The van der Waals surface area contributed by atoms with Gasteiger partial charge in [-0.2, -0.15) is 13.2 Å². The third kappa shape index (κ3) is 6.51. The first-order valence-electron chi connectivity index (χ1n) is 13.7. The lowest BCUT2D eigenvalue weighted by atomic mass is 10.0. The normalized spacial score (nSPS) is 17.0. The molecule has 1 aliphatic heterocycles. The number of aromatic nitrogens is 4. The van der Waals surface area contributed by atoms with E-state index in [1.807, 2.05) is 9.30 Å². The van der Waals surface area contributed by atoms with E-state index < -0.39 is 17.6 Å². The van der Waals surface area contributed by atoms with Gasteiger partial charge in [0, 0.05) is 48.7 Å². The number of amides is 1. The molecule has 2 aliphatic rings. The second-order valence-electron chi connectivity index (χ2n) is 10.4. The SMILES string of the molecule is NCC1CC1.Nc1nccn2c(N3CCCC(C=O)C3)nc(-c3ccc(C(=O)Nc4cc(C(F)(F)F)ccn4)cc3)c12. The van der Waals surface area contributed by atoms with Crippen molar-refractivity contribution in [1.82, 2.24) is 19.4 Å². The van der Waals surface area contributed by atoms with Crippen molar-refractivity contribution in [3.8, 4) is 11.3 Å². The van der Waals surface area contributed by atoms with Gasteiger partial charge in [0.2, 0.25) is 5.95 Å². The fourth-order valence-corrected chi connectivity index (χ4v) is 4.77. The molecule has 1 saturated heterocycles. The Kier molecular flexibility index (Phi) is 8.39. The lowest BCUT2D eigenvalue weighted by molar-refractivity contribution is -0.137. The molecule has 10 nitrogen and oxygen atoms in total. The number of alkyl halides is 3. The van der Waals surface area contributed by atoms with E-state index in [9.17, 15) is 22.8 Å². The molecule has 1 unspecified atom stereocenters. The first kappa shape index (κ1) is 29.0. The molecule has 3 aromatic heterocycles. The number of nitrogens with one attached hydrogen (secondary N) is 1. The average Bonchev–Trinajstić information content (AvgIpc) is 3.76. The number of imidazole rings is 1. The molecule has 0 spiro atoms. The second kappa shape index (κ2) is 12.1. The van der Waals surface area contributed by atoms with Crippen molar-refractivity contribution in [2.45, 2.75) is 31.9 Å². The van der Waals surface area contributed by atoms with Gasteiger partial charge < -0.3 is 26.5 Å². The van der Waals surface area contributed by atoms with Gasteiger partial charge >= 0.3 is 6.18 Å². The minimum Gasteiger partial charge on any atom is -0.382 e. The topological polar surface area (TPSA) is 145 Å². The van der Waals surface area contributed by atoms with Crippen LogP contribution in [-0.2, 0) is 11.0 Å². The number of nitrogens with two attached hydrogens (primary N) is 2. The molecule has 4 aromatic rings. The lowest BCUT2D eigenvalue weighted by Crippen LogP contribution is -2.37. The second-order valence-corrected chi connectivity index (χ2v) is 10.4. The summed E-state index contributed by atoms with van der Waals surface area (Å²) in [5, 5.41) is 2.39. The Labute approximate surface area is 240 Å². The molecular weight excluding hydrogens is 549 g/mol. The lowest BCUT2D eigenvalue weighted by Gasteiger charge is -2.30. The average molecular weight is 581 g/mol. The Morgan fingerprint density at radius 3 is 2.50 bits per heavy atom. The van der Waals surface area contributed by atoms with Crippen molar-refractivity contribution < 1.29 is 22.8 Å². The molecule has 1 aliphatic carbocycles. The summed E-state index contributed by atoms with van der Waals surface area (Å²) in [7, 11) is 0. The maximum absolute atomic E-state index is 13.0. The Morgan fingerprint density at radius 2 is 1.86 bits per heavy atom. The number of fused-ring (bicyclic) bond motifs is 1. The molecule has 4 heterocycles. The van der Waals surface area contributed by atoms with Gasteiger partial charge in [0.25, 0.3) is 5.91 Å². The number of hydrogen-bond donors (Lipinski definition) is 3. The minimum absolute atomic E-state index is 0.0761. The molecule has 6 rings (SSSR count). The van der Waals surface area contributed by atoms with Crippen molar-refractivity contribution in [1.29, 1.82) is 0 Å². The maximum atomic E-state index is 13.0. The number of rotatable bonds is 6. The number of anilines is 3. The minimum atomic E-state index is -4.55. The Bertz CT molecular complexity index is 1570. The van der Waals surface area contributed by atoms with E-state index in [-0.39, 0.29) is 23.1 Å². The van der Waals surface area contributed by atoms with Crippen LogP contribution in [0.5, 0.6) is 0 Å². The monoisotopic (exact) mass is 580 g/mol. The van der Waals surface area contributed by atoms with Gasteiger partial charge in [-0.15, -0.1) is 0 Å². The Hall–Kier alpha value is -4.52. The van der Waals surface area contributed by atoms with Crippen LogP contribution in [0.4, 0.5) is 30.8 Å². The van der Waals surface area contributed by atoms with E-state index in [4.69, 9.17) is 16.5 Å². The van der Waals surface area contributed by atoms with E-state index in [0.29, 0.717) is 29.3 Å². The van der Waals surface area contributed by atoms with Crippen LogP contribution in [0.15, 0.2) is 55.0 Å². The van der Waals surface area contributed by atoms with Crippen LogP contribution in [0.1, 0.15) is 41.6 Å². The number of aldehydes is 1. The summed E-state index contributed by atoms with van der Waals surface area (Å²) in [6.45, 7) is 2.21. The van der Waals surface area contributed by atoms with Crippen LogP contribution in [0.2, 0.25) is 0 Å². The smallest absolute Gasteiger partial charge is 0.382 e. The van der Waals surface area contributed by atoms with Gasteiger partial charge in [-0.1, -0.05) is 12.1 Å². The fourth-order valence-electron chi connectivity index (χ4n) is 4.77. The predicted molar refractivity (Wildman–Crippen MR) is 153 cm³/mol. The predicted octanol–water partition coefficient (Wildman–Crippen LogP) is 4.42. The van der Waals surface area contributed by atoms with Crippen LogP contribution in [0.25, 0.3) is 16.8 Å². The summed E-state index contributed by atoms with van der Waals surface area (Å²) in [6, 6.07) is 8.04. The summed E-state index contributed by atoms with van der Waals surface area (Å²) in [5.41, 5.74) is 12.6. The molecule has 0 bridgehead atoms. The molecule has 1 atom stereocenters. The maximum Gasteiger partial charge on any atom is 0.416 e. The fraction of sp³-hybridized carbons (Fsp3) is 0.345. The number of nitrogen functional groups attached to an aromatic ring is 1. The summed E-state index contributed by atoms with van der Waals surface area (Å²) in [4.78, 5) is 38.9. The number of nitrogens with zero attached hydrogens (tertiary/aromatic N) is 5. The van der Waals surface area contributed by atoms with Gasteiger partial charge in [-0.05, 0) is 62.4 Å². The molecule has 13 heteroatoms. The number of pyridine rings is 1.